The van der Waals surface area contributed by atoms with Crippen molar-refractivity contribution >= 4 is 39.6 Å². The molecular weight excluding hydrogens is 467 g/mol. The topological polar surface area (TPSA) is 67.2 Å². The Hall–Kier alpha value is -4.78. The third kappa shape index (κ3) is 4.25. The molecule has 0 saturated carbocycles. The van der Waals surface area contributed by atoms with Gasteiger partial charge < -0.3 is 9.88 Å². The zero-order valence-electron chi connectivity index (χ0n) is 19.9. The third-order valence-corrected chi connectivity index (χ3v) is 6.65. The molecular formula is C30H23FN4O2. The first-order chi connectivity index (χ1) is 18.1. The molecule has 6 rings (SSSR count). The number of fused-ring (bicyclic) bond motifs is 3. The number of hydrogen-bond acceptors (Lipinski definition) is 3. The van der Waals surface area contributed by atoms with Crippen molar-refractivity contribution in [1.29, 1.82) is 0 Å². The van der Waals surface area contributed by atoms with Crippen LogP contribution in [0.2, 0.25) is 0 Å². The van der Waals surface area contributed by atoms with Gasteiger partial charge in [-0.05, 0) is 53.8 Å². The highest BCUT2D eigenvalue weighted by Gasteiger charge is 2.28. The summed E-state index contributed by atoms with van der Waals surface area (Å²) >= 11 is 0. The lowest BCUT2D eigenvalue weighted by atomic mass is 10.1. The van der Waals surface area contributed by atoms with Crippen LogP contribution in [0.5, 0.6) is 0 Å². The molecule has 37 heavy (non-hydrogen) atoms. The van der Waals surface area contributed by atoms with E-state index >= 15 is 0 Å². The van der Waals surface area contributed by atoms with Crippen LogP contribution < -0.4 is 10.2 Å². The van der Waals surface area contributed by atoms with E-state index in [1.54, 1.807) is 23.2 Å². The summed E-state index contributed by atoms with van der Waals surface area (Å²) in [7, 11) is 0. The van der Waals surface area contributed by atoms with Gasteiger partial charge in [0.2, 0.25) is 11.8 Å². The van der Waals surface area contributed by atoms with E-state index in [1.807, 2.05) is 77.5 Å². The van der Waals surface area contributed by atoms with Gasteiger partial charge >= 0.3 is 0 Å². The van der Waals surface area contributed by atoms with E-state index in [0.29, 0.717) is 35.5 Å². The van der Waals surface area contributed by atoms with Crippen LogP contribution in [-0.4, -0.2) is 21.4 Å². The number of hydrogen-bond donors (Lipinski definition) is 1. The molecule has 1 aliphatic rings. The van der Waals surface area contributed by atoms with Gasteiger partial charge in [-0.1, -0.05) is 48.5 Å². The second kappa shape index (κ2) is 9.35. The molecule has 0 radical (unpaired) electrons. The van der Waals surface area contributed by atoms with Crippen molar-refractivity contribution in [1.82, 2.24) is 9.55 Å². The maximum atomic E-state index is 14.1. The second-order valence-corrected chi connectivity index (χ2v) is 8.96. The second-order valence-electron chi connectivity index (χ2n) is 8.96. The number of amides is 2. The van der Waals surface area contributed by atoms with Crippen LogP contribution >= 0.6 is 0 Å². The lowest BCUT2D eigenvalue weighted by molar-refractivity contribution is -0.124. The minimum atomic E-state index is -0.334. The molecule has 2 amide bonds. The van der Waals surface area contributed by atoms with E-state index in [-0.39, 0.29) is 24.1 Å². The van der Waals surface area contributed by atoms with E-state index in [9.17, 15) is 14.0 Å². The maximum absolute atomic E-state index is 14.1. The van der Waals surface area contributed by atoms with Crippen molar-refractivity contribution in [2.75, 3.05) is 10.2 Å². The Labute approximate surface area is 213 Å². The lowest BCUT2D eigenvalue weighted by Gasteiger charge is -2.23. The molecule has 4 aromatic carbocycles. The van der Waals surface area contributed by atoms with E-state index < -0.39 is 0 Å². The Morgan fingerprint density at radius 2 is 1.59 bits per heavy atom. The number of carbonyl (C=O) groups excluding carboxylic acids is 2. The summed E-state index contributed by atoms with van der Waals surface area (Å²) in [5, 5.41) is 4.79. The number of benzene rings is 4. The monoisotopic (exact) mass is 490 g/mol. The zero-order valence-corrected chi connectivity index (χ0v) is 19.9. The number of nitrogens with one attached hydrogen (secondary N) is 1. The average molecular weight is 491 g/mol. The fourth-order valence-corrected chi connectivity index (χ4v) is 4.86. The van der Waals surface area contributed by atoms with Crippen molar-refractivity contribution in [3.05, 3.63) is 115 Å². The number of halogens is 1. The summed E-state index contributed by atoms with van der Waals surface area (Å²) in [6.07, 6.45) is 4.46. The van der Waals surface area contributed by atoms with Gasteiger partial charge in [0.05, 0.1) is 11.4 Å². The highest BCUT2D eigenvalue weighted by atomic mass is 19.1. The number of rotatable bonds is 5. The van der Waals surface area contributed by atoms with E-state index in [1.165, 1.54) is 6.07 Å². The molecule has 0 spiro atoms. The normalized spacial score (nSPS) is 13.4. The number of aromatic nitrogens is 2. The molecule has 182 valence electrons. The van der Waals surface area contributed by atoms with Crippen LogP contribution in [0.4, 0.5) is 21.5 Å². The Morgan fingerprint density at radius 1 is 0.838 bits per heavy atom. The minimum absolute atomic E-state index is 0.215. The Bertz CT molecular complexity index is 1640. The van der Waals surface area contributed by atoms with Crippen molar-refractivity contribution in [2.24, 2.45) is 0 Å². The Kier molecular flexibility index (Phi) is 5.73. The third-order valence-electron chi connectivity index (χ3n) is 6.65. The van der Waals surface area contributed by atoms with Gasteiger partial charge in [0.1, 0.15) is 18.1 Å². The summed E-state index contributed by atoms with van der Waals surface area (Å²) in [4.78, 5) is 31.7. The van der Waals surface area contributed by atoms with Crippen LogP contribution in [0.3, 0.4) is 0 Å². The first-order valence-electron chi connectivity index (χ1n) is 12.1. The zero-order chi connectivity index (χ0) is 25.4. The first kappa shape index (κ1) is 22.7. The summed E-state index contributed by atoms with van der Waals surface area (Å²) < 4.78 is 16.0. The fraction of sp³-hybridized carbons (Fsp3) is 0.100. The predicted molar refractivity (Wildman–Crippen MR) is 142 cm³/mol. The van der Waals surface area contributed by atoms with Crippen LogP contribution in [-0.2, 0) is 22.4 Å². The van der Waals surface area contributed by atoms with Crippen LogP contribution in [0, 0.1) is 5.82 Å². The van der Waals surface area contributed by atoms with Gasteiger partial charge in [-0.2, -0.15) is 0 Å². The van der Waals surface area contributed by atoms with Gasteiger partial charge in [0, 0.05) is 35.6 Å². The molecule has 0 bridgehead atoms. The number of nitrogens with zero attached hydrogens (tertiary/aromatic N) is 3. The van der Waals surface area contributed by atoms with Gasteiger partial charge in [0.25, 0.3) is 0 Å². The highest BCUT2D eigenvalue weighted by molar-refractivity contribution is 6.21. The molecule has 2 heterocycles. The summed E-state index contributed by atoms with van der Waals surface area (Å²) in [5.41, 5.74) is 3.45. The van der Waals surface area contributed by atoms with Gasteiger partial charge in [-0.15, -0.1) is 0 Å². The standard InChI is InChI=1S/C30H23FN4O2/c31-25-8-4-2-6-21(25)10-16-27-32-17-18-34(27)22-11-13-23(14-12-22)35-26-15-9-20-5-1-3-7-24(20)30(26)33-28(36)19-29(35)37/h1-9,11-15,17-18H,10,16,19H2,(H,33,36). The fourth-order valence-electron chi connectivity index (χ4n) is 4.86. The lowest BCUT2D eigenvalue weighted by Crippen LogP contribution is -2.26. The summed E-state index contributed by atoms with van der Waals surface area (Å²) in [6, 6.07) is 25.9. The van der Waals surface area contributed by atoms with Gasteiger partial charge in [-0.3, -0.25) is 14.5 Å². The average Bonchev–Trinajstić information content (AvgIpc) is 3.33. The molecule has 0 fully saturated rings. The molecule has 7 heteroatoms. The highest BCUT2D eigenvalue weighted by Crippen LogP contribution is 2.40. The Morgan fingerprint density at radius 3 is 2.43 bits per heavy atom. The quantitative estimate of drug-likeness (QED) is 0.309. The van der Waals surface area contributed by atoms with Gasteiger partial charge in [0.15, 0.2) is 0 Å². The Balaban J connectivity index is 1.32. The maximum Gasteiger partial charge on any atom is 0.241 e. The van der Waals surface area contributed by atoms with Crippen molar-refractivity contribution in [2.45, 2.75) is 19.3 Å². The SMILES string of the molecule is O=C1CC(=O)N(c2ccc(-n3ccnc3CCc3ccccc3F)cc2)c2ccc3ccccc3c2N1. The minimum Gasteiger partial charge on any atom is -0.323 e. The molecule has 6 nitrogen and oxygen atoms in total. The smallest absolute Gasteiger partial charge is 0.241 e. The van der Waals surface area contributed by atoms with Gasteiger partial charge in [-0.25, -0.2) is 9.37 Å². The number of carbonyl (C=O) groups is 2. The summed E-state index contributed by atoms with van der Waals surface area (Å²) in [5.74, 6) is -0.0336. The van der Waals surface area contributed by atoms with Crippen molar-refractivity contribution < 1.29 is 14.0 Å². The largest absolute Gasteiger partial charge is 0.323 e. The molecule has 1 aromatic heterocycles. The number of aryl methyl sites for hydroxylation is 2. The molecule has 0 atom stereocenters. The molecule has 0 unspecified atom stereocenters. The van der Waals surface area contributed by atoms with Crippen molar-refractivity contribution in [3.63, 3.8) is 0 Å². The van der Waals surface area contributed by atoms with E-state index in [4.69, 9.17) is 0 Å². The van der Waals surface area contributed by atoms with Crippen LogP contribution in [0.25, 0.3) is 16.5 Å². The molecule has 0 saturated heterocycles. The van der Waals surface area contributed by atoms with E-state index in [0.717, 1.165) is 22.3 Å². The van der Waals surface area contributed by atoms with Crippen molar-refractivity contribution in [3.8, 4) is 5.69 Å². The number of imidazole rings is 1. The number of anilines is 3. The predicted octanol–water partition coefficient (Wildman–Crippen LogP) is 5.96. The molecule has 1 aliphatic heterocycles. The first-order valence-corrected chi connectivity index (χ1v) is 12.1. The summed E-state index contributed by atoms with van der Waals surface area (Å²) in [6.45, 7) is 0. The van der Waals surface area contributed by atoms with Crippen LogP contribution in [0.1, 0.15) is 17.8 Å². The van der Waals surface area contributed by atoms with E-state index in [2.05, 4.69) is 10.3 Å². The molecule has 1 N–H and O–H groups in total. The molecule has 5 aromatic rings. The molecule has 0 aliphatic carbocycles. The van der Waals surface area contributed by atoms with Crippen LogP contribution in [0.15, 0.2) is 97.3 Å².